The van der Waals surface area contributed by atoms with Gasteiger partial charge in [0.1, 0.15) is 6.33 Å². The largest absolute Gasteiger partial charge is 0.288 e. The van der Waals surface area contributed by atoms with Gasteiger partial charge in [0.25, 0.3) is 10.0 Å². The molecule has 0 radical (unpaired) electrons. The van der Waals surface area contributed by atoms with Crippen molar-refractivity contribution in [3.8, 4) is 0 Å². The van der Waals surface area contributed by atoms with Crippen LogP contribution in [0.25, 0.3) is 0 Å². The van der Waals surface area contributed by atoms with Crippen LogP contribution >= 0.6 is 0 Å². The van der Waals surface area contributed by atoms with Gasteiger partial charge in [-0.1, -0.05) is 30.3 Å². The average molecular weight is 339 g/mol. The Balaban J connectivity index is 1.97. The number of sulfonamides is 1. The molecule has 3 aromatic rings. The van der Waals surface area contributed by atoms with E-state index in [1.165, 1.54) is 36.9 Å². The highest BCUT2D eigenvalue weighted by Crippen LogP contribution is 2.22. The molecule has 0 amide bonds. The molecule has 0 atom stereocenters. The third-order valence-corrected chi connectivity index (χ3v) is 4.67. The van der Waals surface area contributed by atoms with Crippen molar-refractivity contribution < 1.29 is 13.2 Å². The summed E-state index contributed by atoms with van der Waals surface area (Å²) in [6.45, 7) is 0. The van der Waals surface area contributed by atoms with Crippen LogP contribution in [0.5, 0.6) is 0 Å². The third-order valence-electron chi connectivity index (χ3n) is 3.29. The lowest BCUT2D eigenvalue weighted by molar-refractivity contribution is 0.103. The van der Waals surface area contributed by atoms with Crippen molar-refractivity contribution in [1.82, 2.24) is 9.97 Å². The molecule has 3 rings (SSSR count). The van der Waals surface area contributed by atoms with Gasteiger partial charge in [0.15, 0.2) is 5.78 Å². The number of carbonyl (C=O) groups excluding carboxylic acids is 1. The number of anilines is 1. The van der Waals surface area contributed by atoms with Crippen molar-refractivity contribution in [2.45, 2.75) is 4.90 Å². The first-order valence-corrected chi connectivity index (χ1v) is 8.53. The van der Waals surface area contributed by atoms with Crippen LogP contribution in [-0.2, 0) is 10.0 Å². The summed E-state index contributed by atoms with van der Waals surface area (Å²) in [4.78, 5) is 20.3. The Bertz CT molecular complexity index is 959. The molecule has 1 aromatic heterocycles. The van der Waals surface area contributed by atoms with Gasteiger partial charge < -0.3 is 0 Å². The van der Waals surface area contributed by atoms with Crippen molar-refractivity contribution in [2.24, 2.45) is 0 Å². The monoisotopic (exact) mass is 339 g/mol. The fourth-order valence-electron chi connectivity index (χ4n) is 2.15. The van der Waals surface area contributed by atoms with Crippen molar-refractivity contribution in [3.05, 3.63) is 84.4 Å². The number of hydrogen-bond acceptors (Lipinski definition) is 5. The molecule has 0 fully saturated rings. The molecule has 0 aliphatic heterocycles. The van der Waals surface area contributed by atoms with Crippen LogP contribution in [0.2, 0.25) is 0 Å². The lowest BCUT2D eigenvalue weighted by Crippen LogP contribution is -2.16. The minimum absolute atomic E-state index is 0.121. The fraction of sp³-hybridized carbons (Fsp3) is 0. The van der Waals surface area contributed by atoms with E-state index >= 15 is 0 Å². The van der Waals surface area contributed by atoms with E-state index in [0.717, 1.165) is 0 Å². The van der Waals surface area contributed by atoms with Crippen LogP contribution in [0, 0.1) is 0 Å². The minimum Gasteiger partial charge on any atom is -0.288 e. The Morgan fingerprint density at radius 3 is 2.21 bits per heavy atom. The van der Waals surface area contributed by atoms with Crippen molar-refractivity contribution >= 4 is 21.5 Å². The Hall–Kier alpha value is -3.06. The molecule has 120 valence electrons. The molecule has 2 aromatic carbocycles. The molecule has 0 saturated heterocycles. The summed E-state index contributed by atoms with van der Waals surface area (Å²) in [5, 5.41) is 0. The molecule has 24 heavy (non-hydrogen) atoms. The van der Waals surface area contributed by atoms with Gasteiger partial charge in [-0.2, -0.15) is 0 Å². The summed E-state index contributed by atoms with van der Waals surface area (Å²) < 4.78 is 27.4. The van der Waals surface area contributed by atoms with E-state index in [2.05, 4.69) is 14.7 Å². The lowest BCUT2D eigenvalue weighted by Gasteiger charge is -2.12. The maximum Gasteiger partial charge on any atom is 0.261 e. The fourth-order valence-corrected chi connectivity index (χ4v) is 3.25. The molecule has 0 aliphatic rings. The smallest absolute Gasteiger partial charge is 0.261 e. The molecule has 0 saturated carbocycles. The van der Waals surface area contributed by atoms with Crippen LogP contribution in [0.15, 0.2) is 78.2 Å². The number of hydrogen-bond donors (Lipinski definition) is 1. The van der Waals surface area contributed by atoms with Crippen LogP contribution in [0.3, 0.4) is 0 Å². The van der Waals surface area contributed by atoms with Crippen LogP contribution in [0.1, 0.15) is 15.9 Å². The summed E-state index contributed by atoms with van der Waals surface area (Å²) in [6, 6.07) is 14.4. The predicted octanol–water partition coefficient (Wildman–Crippen LogP) is 2.51. The number of nitrogens with zero attached hydrogens (tertiary/aromatic N) is 2. The molecule has 0 spiro atoms. The second-order valence-corrected chi connectivity index (χ2v) is 6.60. The van der Waals surface area contributed by atoms with E-state index in [4.69, 9.17) is 0 Å². The summed E-state index contributed by atoms with van der Waals surface area (Å²) in [6.07, 6.45) is 4.09. The molecule has 0 aliphatic carbocycles. The summed E-state index contributed by atoms with van der Waals surface area (Å²) in [7, 11) is -3.79. The van der Waals surface area contributed by atoms with Crippen molar-refractivity contribution in [1.29, 1.82) is 0 Å². The van der Waals surface area contributed by atoms with Gasteiger partial charge >= 0.3 is 0 Å². The van der Waals surface area contributed by atoms with Crippen molar-refractivity contribution in [2.75, 3.05) is 4.72 Å². The quantitative estimate of drug-likeness (QED) is 0.722. The maximum absolute atomic E-state index is 12.6. The highest BCUT2D eigenvalue weighted by molar-refractivity contribution is 7.92. The standard InChI is InChI=1S/C17H13N3O3S/c21-17(13-10-18-12-19-11-13)15-8-4-5-9-16(15)20-24(22,23)14-6-2-1-3-7-14/h1-12,20H. The number of ketones is 1. The first-order chi connectivity index (χ1) is 11.6. The number of carbonyl (C=O) groups is 1. The molecular formula is C17H13N3O3S. The Labute approximate surface area is 139 Å². The number of para-hydroxylation sites is 1. The SMILES string of the molecule is O=C(c1cncnc1)c1ccccc1NS(=O)(=O)c1ccccc1. The number of nitrogens with one attached hydrogen (secondary N) is 1. The summed E-state index contributed by atoms with van der Waals surface area (Å²) >= 11 is 0. The van der Waals surface area contributed by atoms with Gasteiger partial charge in [-0.25, -0.2) is 18.4 Å². The predicted molar refractivity (Wildman–Crippen MR) is 89.2 cm³/mol. The van der Waals surface area contributed by atoms with E-state index in [1.807, 2.05) is 0 Å². The van der Waals surface area contributed by atoms with Gasteiger partial charge in [-0.15, -0.1) is 0 Å². The number of rotatable bonds is 5. The zero-order valence-corrected chi connectivity index (χ0v) is 13.3. The van der Waals surface area contributed by atoms with Gasteiger partial charge in [-0.3, -0.25) is 9.52 Å². The normalized spacial score (nSPS) is 11.0. The van der Waals surface area contributed by atoms with Gasteiger partial charge in [0, 0.05) is 18.0 Å². The highest BCUT2D eigenvalue weighted by atomic mass is 32.2. The lowest BCUT2D eigenvalue weighted by atomic mass is 10.0. The molecule has 7 heteroatoms. The van der Waals surface area contributed by atoms with E-state index in [1.54, 1.807) is 36.4 Å². The first-order valence-electron chi connectivity index (χ1n) is 7.04. The number of benzene rings is 2. The molecule has 6 nitrogen and oxygen atoms in total. The minimum atomic E-state index is -3.79. The first kappa shape index (κ1) is 15.8. The highest BCUT2D eigenvalue weighted by Gasteiger charge is 2.19. The molecular weight excluding hydrogens is 326 g/mol. The average Bonchev–Trinajstić information content (AvgIpc) is 2.63. The van der Waals surface area contributed by atoms with Crippen LogP contribution < -0.4 is 4.72 Å². The third kappa shape index (κ3) is 3.31. The van der Waals surface area contributed by atoms with Gasteiger partial charge in [-0.05, 0) is 24.3 Å². The van der Waals surface area contributed by atoms with Crippen LogP contribution in [0.4, 0.5) is 5.69 Å². The zero-order valence-electron chi connectivity index (χ0n) is 12.5. The Kier molecular flexibility index (Phi) is 4.35. The summed E-state index contributed by atoms with van der Waals surface area (Å²) in [5.41, 5.74) is 0.714. The Morgan fingerprint density at radius 1 is 0.875 bits per heavy atom. The zero-order chi connectivity index (χ0) is 17.0. The van der Waals surface area contributed by atoms with E-state index in [-0.39, 0.29) is 27.5 Å². The second-order valence-electron chi connectivity index (χ2n) is 4.92. The summed E-state index contributed by atoms with van der Waals surface area (Å²) in [5.74, 6) is -0.359. The molecule has 0 unspecified atom stereocenters. The van der Waals surface area contributed by atoms with Crippen LogP contribution in [-0.4, -0.2) is 24.2 Å². The Morgan fingerprint density at radius 2 is 1.50 bits per heavy atom. The topological polar surface area (TPSA) is 89.0 Å². The van der Waals surface area contributed by atoms with Gasteiger partial charge in [0.2, 0.25) is 0 Å². The van der Waals surface area contributed by atoms with E-state index in [0.29, 0.717) is 0 Å². The molecule has 1 N–H and O–H groups in total. The van der Waals surface area contributed by atoms with Gasteiger partial charge in [0.05, 0.1) is 16.1 Å². The van der Waals surface area contributed by atoms with E-state index < -0.39 is 10.0 Å². The van der Waals surface area contributed by atoms with E-state index in [9.17, 15) is 13.2 Å². The number of aromatic nitrogens is 2. The molecule has 0 bridgehead atoms. The molecule has 1 heterocycles. The van der Waals surface area contributed by atoms with Crippen molar-refractivity contribution in [3.63, 3.8) is 0 Å². The maximum atomic E-state index is 12.6. The second kappa shape index (κ2) is 6.59.